The molecule has 33 heavy (non-hydrogen) atoms. The summed E-state index contributed by atoms with van der Waals surface area (Å²) in [5.74, 6) is 0. The largest absolute Gasteiger partial charge is 0.397 e. The molecule has 5 N–H and O–H groups in total. The summed E-state index contributed by atoms with van der Waals surface area (Å²) < 4.78 is 0. The van der Waals surface area contributed by atoms with E-state index in [1.165, 1.54) is 30.4 Å². The maximum atomic E-state index is 7.60. The van der Waals surface area contributed by atoms with Crippen LogP contribution in [0.4, 0.5) is 11.4 Å². The molecule has 0 amide bonds. The first-order valence-corrected chi connectivity index (χ1v) is 12.2. The minimum Gasteiger partial charge on any atom is -0.397 e. The second-order valence-corrected chi connectivity index (χ2v) is 8.64. The molecule has 3 aromatic rings. The lowest BCUT2D eigenvalue weighted by molar-refractivity contribution is 0.674. The first kappa shape index (κ1) is 24.2. The number of thiophene rings is 1. The van der Waals surface area contributed by atoms with Gasteiger partial charge in [0.1, 0.15) is 5.69 Å². The lowest BCUT2D eigenvalue weighted by Gasteiger charge is -2.14. The molecule has 0 aliphatic carbocycles. The van der Waals surface area contributed by atoms with E-state index in [1.807, 2.05) is 18.2 Å². The van der Waals surface area contributed by atoms with Crippen LogP contribution in [0.2, 0.25) is 0 Å². The fourth-order valence-corrected chi connectivity index (χ4v) is 4.13. The molecule has 0 spiro atoms. The van der Waals surface area contributed by atoms with Crippen LogP contribution in [0.1, 0.15) is 50.4 Å². The molecule has 2 aromatic heterocycles. The minimum absolute atomic E-state index is 0.643. The standard InChI is InChI=1S/C26H32N6S/c1-3-4-5-6-7-9-22(25-18-30-24(17-31-25)20(15-27)16-29-2)32-23-14-19(11-12-21(23)28)26-10-8-13-33-26/h8-18,27,29,32H,3-7,28H2,1-2H3/b20-16+,22-9?,27-15?. The number of nitrogen functional groups attached to an aromatic ring is 1. The van der Waals surface area contributed by atoms with Gasteiger partial charge in [-0.05, 0) is 42.0 Å². The molecule has 172 valence electrons. The molecule has 3 rings (SSSR count). The summed E-state index contributed by atoms with van der Waals surface area (Å²) in [4.78, 5) is 10.4. The van der Waals surface area contributed by atoms with Crippen molar-refractivity contribution in [3.05, 3.63) is 71.8 Å². The Hall–Kier alpha value is -3.45. The third-order valence-corrected chi connectivity index (χ3v) is 6.13. The molecule has 1 aromatic carbocycles. The highest BCUT2D eigenvalue weighted by molar-refractivity contribution is 7.13. The van der Waals surface area contributed by atoms with Gasteiger partial charge in [-0.15, -0.1) is 11.3 Å². The van der Waals surface area contributed by atoms with Crippen molar-refractivity contribution in [1.82, 2.24) is 15.3 Å². The Morgan fingerprint density at radius 1 is 1.12 bits per heavy atom. The SMILES string of the molecule is CCCCCCC=C(Nc1cc(-c2cccs2)ccc1N)c1cnc(/C(C=N)=C/NC)cn1. The zero-order valence-corrected chi connectivity index (χ0v) is 20.1. The molecule has 0 unspecified atom stereocenters. The molecular formula is C26H32N6S. The van der Waals surface area contributed by atoms with E-state index in [9.17, 15) is 0 Å². The van der Waals surface area contributed by atoms with Gasteiger partial charge in [0.15, 0.2) is 0 Å². The number of unbranched alkanes of at least 4 members (excludes halogenated alkanes) is 4. The number of hydrogen-bond donors (Lipinski definition) is 4. The maximum absolute atomic E-state index is 7.60. The predicted molar refractivity (Wildman–Crippen MR) is 142 cm³/mol. The number of benzene rings is 1. The van der Waals surface area contributed by atoms with Crippen LogP contribution in [0.15, 0.2) is 60.4 Å². The Bertz CT molecular complexity index is 1080. The van der Waals surface area contributed by atoms with Gasteiger partial charge in [-0.2, -0.15) is 0 Å². The normalized spacial score (nSPS) is 11.9. The van der Waals surface area contributed by atoms with E-state index in [0.29, 0.717) is 17.0 Å². The van der Waals surface area contributed by atoms with Gasteiger partial charge in [-0.1, -0.05) is 44.4 Å². The highest BCUT2D eigenvalue weighted by Crippen LogP contribution is 2.32. The molecule has 0 aliphatic rings. The second-order valence-electron chi connectivity index (χ2n) is 7.69. The van der Waals surface area contributed by atoms with Gasteiger partial charge in [-0.25, -0.2) is 0 Å². The molecule has 0 saturated carbocycles. The number of anilines is 2. The Morgan fingerprint density at radius 2 is 1.94 bits per heavy atom. The molecule has 0 radical (unpaired) electrons. The summed E-state index contributed by atoms with van der Waals surface area (Å²) >= 11 is 1.70. The van der Waals surface area contributed by atoms with Crippen LogP contribution in [0.3, 0.4) is 0 Å². The first-order chi connectivity index (χ1) is 16.2. The number of nitrogens with one attached hydrogen (secondary N) is 3. The van der Waals surface area contributed by atoms with Gasteiger partial charge in [-0.3, -0.25) is 9.97 Å². The first-order valence-electron chi connectivity index (χ1n) is 11.3. The van der Waals surface area contributed by atoms with Gasteiger partial charge in [0.05, 0.1) is 35.2 Å². The van der Waals surface area contributed by atoms with Crippen molar-refractivity contribution in [1.29, 1.82) is 5.41 Å². The van der Waals surface area contributed by atoms with Crippen molar-refractivity contribution in [2.75, 3.05) is 18.1 Å². The number of rotatable bonds is 12. The molecule has 0 bridgehead atoms. The fraction of sp³-hybridized carbons (Fsp3) is 0.269. The summed E-state index contributed by atoms with van der Waals surface area (Å²) in [6.45, 7) is 2.22. The molecule has 0 saturated heterocycles. The number of aromatic nitrogens is 2. The molecule has 0 aliphatic heterocycles. The maximum Gasteiger partial charge on any atom is 0.104 e. The third kappa shape index (κ3) is 6.76. The summed E-state index contributed by atoms with van der Waals surface area (Å²) in [6, 6.07) is 10.2. The number of nitrogens with zero attached hydrogens (tertiary/aromatic N) is 2. The van der Waals surface area contributed by atoms with Gasteiger partial charge >= 0.3 is 0 Å². The Kier molecular flexibility index (Phi) is 9.20. The minimum atomic E-state index is 0.643. The molecule has 6 nitrogen and oxygen atoms in total. The van der Waals surface area contributed by atoms with E-state index >= 15 is 0 Å². The van der Waals surface area contributed by atoms with Crippen LogP contribution in [0.25, 0.3) is 21.7 Å². The summed E-state index contributed by atoms with van der Waals surface area (Å²) in [5.41, 5.74) is 11.9. The Balaban J connectivity index is 1.89. The van der Waals surface area contributed by atoms with E-state index in [-0.39, 0.29) is 0 Å². The zero-order chi connectivity index (χ0) is 23.5. The van der Waals surface area contributed by atoms with Crippen LogP contribution in [-0.2, 0) is 0 Å². The number of allylic oxidation sites excluding steroid dienone is 2. The molecule has 0 fully saturated rings. The van der Waals surface area contributed by atoms with Crippen molar-refractivity contribution in [3.63, 3.8) is 0 Å². The molecule has 0 atom stereocenters. The quantitative estimate of drug-likeness (QED) is 0.142. The van der Waals surface area contributed by atoms with Gasteiger partial charge < -0.3 is 21.8 Å². The van der Waals surface area contributed by atoms with Crippen LogP contribution >= 0.6 is 11.3 Å². The van der Waals surface area contributed by atoms with Crippen LogP contribution < -0.4 is 16.4 Å². The third-order valence-electron chi connectivity index (χ3n) is 5.21. The summed E-state index contributed by atoms with van der Waals surface area (Å²) in [7, 11) is 1.79. The predicted octanol–water partition coefficient (Wildman–Crippen LogP) is 6.42. The topological polar surface area (TPSA) is 99.7 Å². The van der Waals surface area contributed by atoms with Crippen molar-refractivity contribution in [2.45, 2.75) is 39.0 Å². The Morgan fingerprint density at radius 3 is 2.61 bits per heavy atom. The van der Waals surface area contributed by atoms with Crippen molar-refractivity contribution in [2.24, 2.45) is 0 Å². The molecule has 2 heterocycles. The highest BCUT2D eigenvalue weighted by atomic mass is 32.1. The lowest BCUT2D eigenvalue weighted by Crippen LogP contribution is -2.06. The zero-order valence-electron chi connectivity index (χ0n) is 19.3. The number of hydrogen-bond acceptors (Lipinski definition) is 7. The summed E-state index contributed by atoms with van der Waals surface area (Å²) in [5, 5.41) is 16.1. The highest BCUT2D eigenvalue weighted by Gasteiger charge is 2.10. The number of nitrogens with two attached hydrogens (primary N) is 1. The van der Waals surface area contributed by atoms with E-state index < -0.39 is 0 Å². The monoisotopic (exact) mass is 460 g/mol. The summed E-state index contributed by atoms with van der Waals surface area (Å²) in [6.07, 6.45) is 14.3. The second kappa shape index (κ2) is 12.6. The van der Waals surface area contributed by atoms with Crippen molar-refractivity contribution in [3.8, 4) is 10.4 Å². The average molecular weight is 461 g/mol. The van der Waals surface area contributed by atoms with Crippen molar-refractivity contribution < 1.29 is 0 Å². The van der Waals surface area contributed by atoms with E-state index in [0.717, 1.165) is 35.5 Å². The van der Waals surface area contributed by atoms with Gasteiger partial charge in [0.25, 0.3) is 0 Å². The van der Waals surface area contributed by atoms with Gasteiger partial charge in [0.2, 0.25) is 0 Å². The smallest absolute Gasteiger partial charge is 0.104 e. The van der Waals surface area contributed by atoms with E-state index in [4.69, 9.17) is 11.1 Å². The van der Waals surface area contributed by atoms with Crippen LogP contribution in [0.5, 0.6) is 0 Å². The Labute approximate surface area is 200 Å². The van der Waals surface area contributed by atoms with Crippen molar-refractivity contribution >= 4 is 40.2 Å². The van der Waals surface area contributed by atoms with E-state index in [2.05, 4.69) is 51.1 Å². The van der Waals surface area contributed by atoms with Crippen LogP contribution in [0, 0.1) is 5.41 Å². The average Bonchev–Trinajstić information content (AvgIpc) is 3.38. The lowest BCUT2D eigenvalue weighted by atomic mass is 10.1. The molecule has 7 heteroatoms. The fourth-order valence-electron chi connectivity index (χ4n) is 3.40. The van der Waals surface area contributed by atoms with Gasteiger partial charge in [0, 0.05) is 29.9 Å². The van der Waals surface area contributed by atoms with E-state index in [1.54, 1.807) is 37.0 Å². The van der Waals surface area contributed by atoms with Crippen LogP contribution in [-0.4, -0.2) is 23.2 Å². The molecular weight excluding hydrogens is 428 g/mol.